The van der Waals surface area contributed by atoms with E-state index < -0.39 is 21.8 Å². The Kier molecular flexibility index (Phi) is 4.50. The van der Waals surface area contributed by atoms with Gasteiger partial charge in [-0.2, -0.15) is 0 Å². The summed E-state index contributed by atoms with van der Waals surface area (Å²) in [4.78, 5) is 23.9. The third kappa shape index (κ3) is 4.14. The van der Waals surface area contributed by atoms with Crippen LogP contribution >= 0.6 is 0 Å². The molecule has 1 atom stereocenters. The summed E-state index contributed by atoms with van der Waals surface area (Å²) in [7, 11) is -3.25. The predicted octanol–water partition coefficient (Wildman–Crippen LogP) is 0.0529. The first kappa shape index (κ1) is 14.7. The van der Waals surface area contributed by atoms with E-state index in [2.05, 4.69) is 0 Å². The minimum atomic E-state index is -3.25. The van der Waals surface area contributed by atoms with Crippen LogP contribution in [-0.4, -0.2) is 54.4 Å². The van der Waals surface area contributed by atoms with E-state index in [4.69, 9.17) is 5.11 Å². The Morgan fingerprint density at radius 3 is 2.50 bits per heavy atom. The molecule has 0 aliphatic carbocycles. The van der Waals surface area contributed by atoms with E-state index >= 15 is 0 Å². The van der Waals surface area contributed by atoms with Gasteiger partial charge in [-0.15, -0.1) is 0 Å². The molecule has 1 heterocycles. The van der Waals surface area contributed by atoms with E-state index in [-0.39, 0.29) is 30.4 Å². The monoisotopic (exact) mass is 275 g/mol. The third-order valence-corrected chi connectivity index (χ3v) is 4.33. The molecule has 0 aromatic rings. The molecule has 6 nitrogen and oxygen atoms in total. The van der Waals surface area contributed by atoms with Crippen molar-refractivity contribution in [2.75, 3.05) is 18.1 Å². The normalized spacial score (nSPS) is 22.3. The molecule has 0 aromatic heterocycles. The maximum absolute atomic E-state index is 11.9. The van der Waals surface area contributed by atoms with Gasteiger partial charge in [-0.05, 0) is 13.8 Å². The maximum Gasteiger partial charge on any atom is 0.305 e. The molecule has 7 heteroatoms. The van der Waals surface area contributed by atoms with Gasteiger partial charge in [0.2, 0.25) is 5.91 Å². The van der Waals surface area contributed by atoms with Crippen LogP contribution in [0.2, 0.25) is 0 Å². The molecule has 102 valence electrons. The molecule has 1 N–H and O–H groups in total. The molecule has 0 spiro atoms. The molecule has 1 aliphatic heterocycles. The Labute approximate surface area is 106 Å². The first-order valence-corrected chi connectivity index (χ1v) is 7.41. The van der Waals surface area contributed by atoms with E-state index in [0.717, 1.165) is 5.57 Å². The molecular formula is C11H17NO5S. The zero-order valence-corrected chi connectivity index (χ0v) is 11.2. The lowest BCUT2D eigenvalue weighted by Gasteiger charge is -2.34. The van der Waals surface area contributed by atoms with Gasteiger partial charge in [0.05, 0.1) is 24.0 Å². The van der Waals surface area contributed by atoms with Crippen LogP contribution < -0.4 is 0 Å². The lowest BCUT2D eigenvalue weighted by Crippen LogP contribution is -2.51. The predicted molar refractivity (Wildman–Crippen MR) is 65.8 cm³/mol. The largest absolute Gasteiger partial charge is 0.481 e. The Bertz CT molecular complexity index is 476. The first-order valence-electron chi connectivity index (χ1n) is 5.59. The average Bonchev–Trinajstić information content (AvgIpc) is 2.13. The fourth-order valence-corrected chi connectivity index (χ4v) is 3.40. The zero-order chi connectivity index (χ0) is 13.9. The molecular weight excluding hydrogens is 258 g/mol. The summed E-state index contributed by atoms with van der Waals surface area (Å²) >= 11 is 0. The molecule has 1 unspecified atom stereocenters. The first-order chi connectivity index (χ1) is 8.21. The number of carbonyl (C=O) groups is 2. The van der Waals surface area contributed by atoms with Crippen LogP contribution in [0.1, 0.15) is 20.3 Å². The summed E-state index contributed by atoms with van der Waals surface area (Å²) in [5.41, 5.74) is 0.794. The summed E-state index contributed by atoms with van der Waals surface area (Å²) < 4.78 is 23.0. The van der Waals surface area contributed by atoms with Crippen molar-refractivity contribution in [2.45, 2.75) is 26.3 Å². The maximum atomic E-state index is 11.9. The lowest BCUT2D eigenvalue weighted by atomic mass is 10.2. The summed E-state index contributed by atoms with van der Waals surface area (Å²) in [6.45, 7) is 3.57. The van der Waals surface area contributed by atoms with Crippen LogP contribution in [0.15, 0.2) is 11.6 Å². The minimum Gasteiger partial charge on any atom is -0.481 e. The van der Waals surface area contributed by atoms with Crippen LogP contribution in [0, 0.1) is 0 Å². The van der Waals surface area contributed by atoms with Gasteiger partial charge in [0.1, 0.15) is 0 Å². The molecule has 1 aliphatic rings. The number of hydrogen-bond donors (Lipinski definition) is 1. The highest BCUT2D eigenvalue weighted by Crippen LogP contribution is 2.16. The zero-order valence-electron chi connectivity index (χ0n) is 10.4. The number of nitrogens with zero attached hydrogens (tertiary/aromatic N) is 1. The van der Waals surface area contributed by atoms with Gasteiger partial charge in [-0.3, -0.25) is 9.59 Å². The fraction of sp³-hybridized carbons (Fsp3) is 0.636. The summed E-state index contributed by atoms with van der Waals surface area (Å²) in [5.74, 6) is -1.81. The van der Waals surface area contributed by atoms with E-state index in [1.807, 2.05) is 0 Å². The van der Waals surface area contributed by atoms with Crippen LogP contribution in [0.25, 0.3) is 0 Å². The number of aliphatic carboxylic acids is 1. The van der Waals surface area contributed by atoms with Crippen molar-refractivity contribution in [3.63, 3.8) is 0 Å². The van der Waals surface area contributed by atoms with Crippen molar-refractivity contribution in [1.82, 2.24) is 4.90 Å². The topological polar surface area (TPSA) is 91.8 Å². The van der Waals surface area contributed by atoms with E-state index in [1.54, 1.807) is 13.8 Å². The SMILES string of the molecule is CC(C)=CC(=O)N1CCS(=O)(=O)CC1CC(=O)O. The standard InChI is InChI=1S/C11H17NO5S/c1-8(2)5-10(13)12-3-4-18(16,17)7-9(12)6-11(14)15/h5,9H,3-4,6-7H2,1-2H3,(H,14,15). The van der Waals surface area contributed by atoms with Gasteiger partial charge in [0.25, 0.3) is 0 Å². The van der Waals surface area contributed by atoms with E-state index in [1.165, 1.54) is 11.0 Å². The highest BCUT2D eigenvalue weighted by molar-refractivity contribution is 7.91. The second-order valence-electron chi connectivity index (χ2n) is 4.62. The molecule has 1 rings (SSSR count). The number of hydrogen-bond acceptors (Lipinski definition) is 4. The molecule has 0 bridgehead atoms. The van der Waals surface area contributed by atoms with Gasteiger partial charge in [0.15, 0.2) is 9.84 Å². The molecule has 1 fully saturated rings. The number of sulfone groups is 1. The summed E-state index contributed by atoms with van der Waals surface area (Å²) in [6.07, 6.45) is 1.05. The number of carboxylic acids is 1. The summed E-state index contributed by atoms with van der Waals surface area (Å²) in [6, 6.07) is -0.774. The van der Waals surface area contributed by atoms with Crippen LogP contribution in [0.5, 0.6) is 0 Å². The number of amides is 1. The Morgan fingerprint density at radius 1 is 1.39 bits per heavy atom. The molecule has 0 aromatic carbocycles. The van der Waals surface area contributed by atoms with E-state index in [0.29, 0.717) is 0 Å². The van der Waals surface area contributed by atoms with Gasteiger partial charge in [0, 0.05) is 12.6 Å². The second kappa shape index (κ2) is 5.51. The van der Waals surface area contributed by atoms with Crippen LogP contribution in [0.4, 0.5) is 0 Å². The van der Waals surface area contributed by atoms with Crippen molar-refractivity contribution in [3.8, 4) is 0 Å². The molecule has 0 saturated carbocycles. The quantitative estimate of drug-likeness (QED) is 0.735. The van der Waals surface area contributed by atoms with Gasteiger partial charge in [-0.1, -0.05) is 5.57 Å². The Balaban J connectivity index is 2.91. The van der Waals surface area contributed by atoms with Gasteiger partial charge >= 0.3 is 5.97 Å². The van der Waals surface area contributed by atoms with Crippen molar-refractivity contribution in [2.24, 2.45) is 0 Å². The molecule has 1 amide bonds. The molecule has 18 heavy (non-hydrogen) atoms. The minimum absolute atomic E-state index is 0.0584. The smallest absolute Gasteiger partial charge is 0.305 e. The third-order valence-electron chi connectivity index (χ3n) is 2.64. The fourth-order valence-electron chi connectivity index (χ4n) is 1.88. The van der Waals surface area contributed by atoms with Crippen molar-refractivity contribution < 1.29 is 23.1 Å². The summed E-state index contributed by atoms with van der Waals surface area (Å²) in [5, 5.41) is 8.77. The Hall–Kier alpha value is -1.37. The number of rotatable bonds is 3. The Morgan fingerprint density at radius 2 is 2.00 bits per heavy atom. The van der Waals surface area contributed by atoms with Crippen molar-refractivity contribution in [3.05, 3.63) is 11.6 Å². The average molecular weight is 275 g/mol. The van der Waals surface area contributed by atoms with Crippen LogP contribution in [0.3, 0.4) is 0 Å². The lowest BCUT2D eigenvalue weighted by molar-refractivity contribution is -0.139. The van der Waals surface area contributed by atoms with Crippen LogP contribution in [-0.2, 0) is 19.4 Å². The molecule has 0 radical (unpaired) electrons. The van der Waals surface area contributed by atoms with Gasteiger partial charge in [-0.25, -0.2) is 8.42 Å². The molecule has 1 saturated heterocycles. The van der Waals surface area contributed by atoms with Gasteiger partial charge < -0.3 is 10.0 Å². The van der Waals surface area contributed by atoms with Crippen molar-refractivity contribution in [1.29, 1.82) is 0 Å². The number of carbonyl (C=O) groups excluding carboxylic acids is 1. The highest BCUT2D eigenvalue weighted by atomic mass is 32.2. The van der Waals surface area contributed by atoms with Crippen molar-refractivity contribution >= 4 is 21.7 Å². The number of allylic oxidation sites excluding steroid dienone is 1. The second-order valence-corrected chi connectivity index (χ2v) is 6.85. The highest BCUT2D eigenvalue weighted by Gasteiger charge is 2.34. The number of carboxylic acid groups (broad SMARTS) is 1. The van der Waals surface area contributed by atoms with E-state index in [9.17, 15) is 18.0 Å².